The van der Waals surface area contributed by atoms with Crippen LogP contribution < -0.4 is 5.32 Å². The van der Waals surface area contributed by atoms with E-state index in [0.29, 0.717) is 5.92 Å². The van der Waals surface area contributed by atoms with Gasteiger partial charge < -0.3 is 10.1 Å². The third-order valence-corrected chi connectivity index (χ3v) is 3.97. The highest BCUT2D eigenvalue weighted by Crippen LogP contribution is 2.40. The van der Waals surface area contributed by atoms with E-state index < -0.39 is 0 Å². The number of rotatable bonds is 7. The van der Waals surface area contributed by atoms with Crippen molar-refractivity contribution in [3.05, 3.63) is 11.4 Å². The van der Waals surface area contributed by atoms with E-state index in [1.54, 1.807) is 18.9 Å². The van der Waals surface area contributed by atoms with Crippen LogP contribution in [0.4, 0.5) is 5.82 Å². The summed E-state index contributed by atoms with van der Waals surface area (Å²) in [5, 5.41) is 4.43. The average molecular weight is 267 g/mol. The van der Waals surface area contributed by atoms with Crippen molar-refractivity contribution in [3.63, 3.8) is 0 Å². The molecule has 1 aliphatic carbocycles. The lowest BCUT2D eigenvalue weighted by atomic mass is 10.3. The molecule has 0 aliphatic heterocycles. The molecule has 18 heavy (non-hydrogen) atoms. The lowest BCUT2D eigenvalue weighted by molar-refractivity contribution is 0.218. The zero-order chi connectivity index (χ0) is 13.0. The largest absolute Gasteiger partial charge is 0.384 e. The van der Waals surface area contributed by atoms with Crippen molar-refractivity contribution in [1.29, 1.82) is 0 Å². The van der Waals surface area contributed by atoms with Gasteiger partial charge in [0.15, 0.2) is 0 Å². The van der Waals surface area contributed by atoms with E-state index in [1.165, 1.54) is 12.8 Å². The summed E-state index contributed by atoms with van der Waals surface area (Å²) in [6, 6.07) is 0. The average Bonchev–Trinajstić information content (AvgIpc) is 3.18. The van der Waals surface area contributed by atoms with E-state index in [2.05, 4.69) is 24.1 Å². The van der Waals surface area contributed by atoms with Gasteiger partial charge in [0.1, 0.15) is 16.7 Å². The van der Waals surface area contributed by atoms with Crippen molar-refractivity contribution >= 4 is 17.6 Å². The molecule has 0 unspecified atom stereocenters. The molecule has 0 bridgehead atoms. The van der Waals surface area contributed by atoms with Crippen molar-refractivity contribution in [2.75, 3.05) is 31.3 Å². The minimum atomic E-state index is 0.588. The maximum Gasteiger partial charge on any atom is 0.135 e. The normalized spacial score (nSPS) is 14.8. The van der Waals surface area contributed by atoms with E-state index in [1.807, 2.05) is 0 Å². The number of ether oxygens (including phenoxy) is 1. The minimum Gasteiger partial charge on any atom is -0.384 e. The molecule has 1 N–H and O–H groups in total. The van der Waals surface area contributed by atoms with Crippen LogP contribution in [0.25, 0.3) is 0 Å². The molecule has 1 fully saturated rings. The van der Waals surface area contributed by atoms with Gasteiger partial charge in [0.05, 0.1) is 6.61 Å². The van der Waals surface area contributed by atoms with Crippen molar-refractivity contribution in [2.24, 2.45) is 0 Å². The van der Waals surface area contributed by atoms with Gasteiger partial charge in [-0.25, -0.2) is 9.97 Å². The fourth-order valence-electron chi connectivity index (χ4n) is 1.74. The molecule has 1 saturated carbocycles. The maximum atomic E-state index is 5.09. The fraction of sp³-hybridized carbons (Fsp3) is 0.692. The summed E-state index contributed by atoms with van der Waals surface area (Å²) >= 11 is 1.75. The molecular formula is C13H21N3OS. The highest BCUT2D eigenvalue weighted by atomic mass is 32.2. The Hall–Kier alpha value is -0.810. The number of methoxy groups -OCH3 is 1. The molecule has 1 aliphatic rings. The van der Waals surface area contributed by atoms with Crippen molar-refractivity contribution in [1.82, 2.24) is 9.97 Å². The second-order valence-corrected chi connectivity index (χ2v) is 5.59. The van der Waals surface area contributed by atoms with Gasteiger partial charge in [0, 0.05) is 30.9 Å². The molecule has 0 amide bonds. The van der Waals surface area contributed by atoms with Crippen LogP contribution in [0.2, 0.25) is 0 Å². The standard InChI is InChI=1S/C13H21N3OS/c1-4-14-11-9(2)13(18-8-7-17-3)16-12(15-11)10-5-6-10/h10H,4-8H2,1-3H3,(H,14,15,16). The third kappa shape index (κ3) is 3.36. The first kappa shape index (κ1) is 13.6. The molecule has 0 radical (unpaired) electrons. The second-order valence-electron chi connectivity index (χ2n) is 4.51. The molecule has 4 nitrogen and oxygen atoms in total. The van der Waals surface area contributed by atoms with Crippen LogP contribution in [0, 0.1) is 6.92 Å². The first-order valence-corrected chi connectivity index (χ1v) is 7.49. The highest BCUT2D eigenvalue weighted by Gasteiger charge is 2.28. The van der Waals surface area contributed by atoms with Gasteiger partial charge in [-0.05, 0) is 26.7 Å². The summed E-state index contributed by atoms with van der Waals surface area (Å²) in [5.41, 5.74) is 1.15. The van der Waals surface area contributed by atoms with Gasteiger partial charge in [-0.15, -0.1) is 11.8 Å². The maximum absolute atomic E-state index is 5.09. The van der Waals surface area contributed by atoms with E-state index in [4.69, 9.17) is 9.72 Å². The molecule has 0 spiro atoms. The van der Waals surface area contributed by atoms with E-state index in [9.17, 15) is 0 Å². The van der Waals surface area contributed by atoms with E-state index in [0.717, 1.165) is 41.1 Å². The number of hydrogen-bond donors (Lipinski definition) is 1. The summed E-state index contributed by atoms with van der Waals surface area (Å²) in [6.45, 7) is 5.83. The van der Waals surface area contributed by atoms with Gasteiger partial charge >= 0.3 is 0 Å². The number of hydrogen-bond acceptors (Lipinski definition) is 5. The van der Waals surface area contributed by atoms with Crippen molar-refractivity contribution in [3.8, 4) is 0 Å². The van der Waals surface area contributed by atoms with E-state index in [-0.39, 0.29) is 0 Å². The Morgan fingerprint density at radius 1 is 1.39 bits per heavy atom. The molecule has 1 aromatic rings. The number of anilines is 1. The number of aromatic nitrogens is 2. The highest BCUT2D eigenvalue weighted by molar-refractivity contribution is 7.99. The topological polar surface area (TPSA) is 47.0 Å². The lowest BCUT2D eigenvalue weighted by Gasteiger charge is -2.12. The minimum absolute atomic E-state index is 0.588. The van der Waals surface area contributed by atoms with Crippen LogP contribution >= 0.6 is 11.8 Å². The smallest absolute Gasteiger partial charge is 0.135 e. The lowest BCUT2D eigenvalue weighted by Crippen LogP contribution is -2.07. The predicted molar refractivity (Wildman–Crippen MR) is 75.5 cm³/mol. The summed E-state index contributed by atoms with van der Waals surface area (Å²) < 4.78 is 5.09. The Morgan fingerprint density at radius 2 is 2.17 bits per heavy atom. The quantitative estimate of drug-likeness (QED) is 0.467. The Labute approximate surface area is 113 Å². The Kier molecular flexibility index (Phi) is 4.83. The fourth-order valence-corrected chi connectivity index (χ4v) is 2.65. The molecule has 5 heteroatoms. The first-order valence-electron chi connectivity index (χ1n) is 6.50. The molecule has 0 saturated heterocycles. The van der Waals surface area contributed by atoms with Gasteiger partial charge in [-0.2, -0.15) is 0 Å². The van der Waals surface area contributed by atoms with Gasteiger partial charge in [0.2, 0.25) is 0 Å². The molecule has 1 aromatic heterocycles. The van der Waals surface area contributed by atoms with Crippen LogP contribution in [0.5, 0.6) is 0 Å². The number of nitrogens with zero attached hydrogens (tertiary/aromatic N) is 2. The summed E-state index contributed by atoms with van der Waals surface area (Å²) in [5.74, 6) is 3.53. The zero-order valence-electron chi connectivity index (χ0n) is 11.3. The Bertz CT molecular complexity index is 407. The second kappa shape index (κ2) is 6.38. The van der Waals surface area contributed by atoms with Crippen LogP contribution in [0.15, 0.2) is 5.03 Å². The van der Waals surface area contributed by atoms with E-state index >= 15 is 0 Å². The Balaban J connectivity index is 2.18. The zero-order valence-corrected chi connectivity index (χ0v) is 12.1. The summed E-state index contributed by atoms with van der Waals surface area (Å²) in [4.78, 5) is 9.35. The van der Waals surface area contributed by atoms with Crippen molar-refractivity contribution < 1.29 is 4.74 Å². The van der Waals surface area contributed by atoms with Crippen LogP contribution in [-0.2, 0) is 4.74 Å². The first-order chi connectivity index (χ1) is 8.76. The van der Waals surface area contributed by atoms with Crippen molar-refractivity contribution in [2.45, 2.75) is 37.6 Å². The Morgan fingerprint density at radius 3 is 2.78 bits per heavy atom. The summed E-state index contributed by atoms with van der Waals surface area (Å²) in [6.07, 6.45) is 2.47. The molecule has 1 heterocycles. The molecule has 100 valence electrons. The molecule has 0 atom stereocenters. The molecule has 0 aromatic carbocycles. The molecule has 2 rings (SSSR count). The third-order valence-electron chi connectivity index (χ3n) is 2.93. The number of nitrogens with one attached hydrogen (secondary N) is 1. The van der Waals surface area contributed by atoms with Crippen LogP contribution in [0.1, 0.15) is 37.1 Å². The predicted octanol–water partition coefficient (Wildman–Crippen LogP) is 2.83. The summed E-state index contributed by atoms with van der Waals surface area (Å²) in [7, 11) is 1.73. The van der Waals surface area contributed by atoms with Gasteiger partial charge in [0.25, 0.3) is 0 Å². The number of thioether (sulfide) groups is 1. The molecular weight excluding hydrogens is 246 g/mol. The van der Waals surface area contributed by atoms with Gasteiger partial charge in [-0.1, -0.05) is 0 Å². The SMILES string of the molecule is CCNc1nc(C2CC2)nc(SCCOC)c1C. The van der Waals surface area contributed by atoms with Gasteiger partial charge in [-0.3, -0.25) is 0 Å². The van der Waals surface area contributed by atoms with Crippen LogP contribution in [-0.4, -0.2) is 36.0 Å². The monoisotopic (exact) mass is 267 g/mol. The van der Waals surface area contributed by atoms with Crippen LogP contribution in [0.3, 0.4) is 0 Å².